The maximum Gasteiger partial charge on any atom is 0.414 e. The smallest absolute Gasteiger partial charge is 0.414 e. The van der Waals surface area contributed by atoms with Gasteiger partial charge in [0.2, 0.25) is 5.91 Å². The number of hydrogen-bond acceptors (Lipinski definition) is 3. The molecule has 0 bridgehead atoms. The monoisotopic (exact) mass is 278 g/mol. The van der Waals surface area contributed by atoms with Gasteiger partial charge in [-0.05, 0) is 24.1 Å². The van der Waals surface area contributed by atoms with Crippen molar-refractivity contribution in [3.05, 3.63) is 29.6 Å². The molecule has 0 aromatic heterocycles. The normalized spacial score (nSPS) is 21.7. The summed E-state index contributed by atoms with van der Waals surface area (Å²) >= 11 is 0. The van der Waals surface area contributed by atoms with E-state index in [0.717, 1.165) is 5.56 Å². The Balaban J connectivity index is 2.07. The summed E-state index contributed by atoms with van der Waals surface area (Å²) < 4.78 is 18.6. The van der Waals surface area contributed by atoms with E-state index in [9.17, 15) is 14.0 Å². The quantitative estimate of drug-likeness (QED) is 0.728. The Labute approximate surface area is 115 Å². The summed E-state index contributed by atoms with van der Waals surface area (Å²) in [5.41, 5.74) is 1.26. The summed E-state index contributed by atoms with van der Waals surface area (Å²) in [5.74, 6) is -0.434. The second kappa shape index (κ2) is 4.77. The number of benzene rings is 1. The third-order valence-electron chi connectivity index (χ3n) is 3.81. The van der Waals surface area contributed by atoms with Crippen molar-refractivity contribution in [3.8, 4) is 0 Å². The van der Waals surface area contributed by atoms with Gasteiger partial charge in [-0.3, -0.25) is 9.69 Å². The molecule has 106 valence electrons. The van der Waals surface area contributed by atoms with Gasteiger partial charge in [0.1, 0.15) is 12.4 Å². The highest BCUT2D eigenvalue weighted by Gasteiger charge is 2.37. The lowest BCUT2D eigenvalue weighted by atomic mass is 10.1. The van der Waals surface area contributed by atoms with E-state index in [4.69, 9.17) is 4.74 Å². The molecule has 1 unspecified atom stereocenters. The van der Waals surface area contributed by atoms with E-state index < -0.39 is 11.9 Å². The van der Waals surface area contributed by atoms with Crippen LogP contribution in [0, 0.1) is 5.82 Å². The highest BCUT2D eigenvalue weighted by atomic mass is 19.1. The van der Waals surface area contributed by atoms with Crippen molar-refractivity contribution in [1.82, 2.24) is 4.90 Å². The van der Waals surface area contributed by atoms with Gasteiger partial charge >= 0.3 is 6.09 Å². The molecule has 1 fully saturated rings. The minimum atomic E-state index is -0.446. The fraction of sp³-hybridized carbons (Fsp3) is 0.429. The molecule has 5 nitrogen and oxygen atoms in total. The number of carbonyl (C=O) groups excluding carboxylic acids is 2. The molecule has 6 heteroatoms. The third-order valence-corrected chi connectivity index (χ3v) is 3.81. The topological polar surface area (TPSA) is 49.9 Å². The number of carbonyl (C=O) groups is 2. The van der Waals surface area contributed by atoms with Crippen LogP contribution in [0.25, 0.3) is 0 Å². The van der Waals surface area contributed by atoms with E-state index in [1.165, 1.54) is 24.0 Å². The van der Waals surface area contributed by atoms with Crippen molar-refractivity contribution < 1.29 is 18.7 Å². The first kappa shape index (κ1) is 12.9. The van der Waals surface area contributed by atoms with Crippen LogP contribution in [0.4, 0.5) is 14.9 Å². The molecule has 2 aliphatic heterocycles. The average Bonchev–Trinajstić information content (AvgIpc) is 2.73. The van der Waals surface area contributed by atoms with Gasteiger partial charge in [-0.25, -0.2) is 9.18 Å². The van der Waals surface area contributed by atoms with Crippen molar-refractivity contribution in [2.24, 2.45) is 0 Å². The molecule has 3 rings (SSSR count). The van der Waals surface area contributed by atoms with Crippen LogP contribution in [0.15, 0.2) is 18.2 Å². The maximum atomic E-state index is 13.5. The number of fused-ring (bicyclic) bond motifs is 3. The number of amides is 2. The molecule has 0 saturated carbocycles. The fourth-order valence-electron chi connectivity index (χ4n) is 2.72. The summed E-state index contributed by atoms with van der Waals surface area (Å²) in [6, 6.07) is 4.15. The summed E-state index contributed by atoms with van der Waals surface area (Å²) in [5, 5.41) is 0. The first-order valence-corrected chi connectivity index (χ1v) is 6.56. The summed E-state index contributed by atoms with van der Waals surface area (Å²) in [4.78, 5) is 26.7. The van der Waals surface area contributed by atoms with Crippen molar-refractivity contribution >= 4 is 17.7 Å². The lowest BCUT2D eigenvalue weighted by Crippen LogP contribution is -2.41. The minimum absolute atomic E-state index is 0.0287. The number of ether oxygens (including phenoxy) is 1. The molecule has 2 heterocycles. The van der Waals surface area contributed by atoms with Crippen LogP contribution >= 0.6 is 0 Å². The number of nitrogens with zero attached hydrogens (tertiary/aromatic N) is 2. The molecule has 0 N–H and O–H groups in total. The predicted molar refractivity (Wildman–Crippen MR) is 69.7 cm³/mol. The summed E-state index contributed by atoms with van der Waals surface area (Å²) in [6.45, 7) is 2.73. The Bertz CT molecular complexity index is 576. The molecule has 1 atom stereocenters. The van der Waals surface area contributed by atoms with Crippen LogP contribution in [0.3, 0.4) is 0 Å². The first-order valence-electron chi connectivity index (χ1n) is 6.56. The van der Waals surface area contributed by atoms with E-state index in [0.29, 0.717) is 25.2 Å². The number of cyclic esters (lactones) is 1. The van der Waals surface area contributed by atoms with Crippen LogP contribution < -0.4 is 4.90 Å². The standard InChI is InChI=1S/C14H15FN2O3/c1-9(18)16-5-4-12-8-20-14(19)17(12)13-6-11(15)3-2-10(13)7-16/h2-3,6,12H,4-5,7-8H2,1H3. The minimum Gasteiger partial charge on any atom is -0.447 e. The third kappa shape index (κ3) is 2.11. The predicted octanol–water partition coefficient (Wildman–Crippen LogP) is 1.90. The van der Waals surface area contributed by atoms with Gasteiger partial charge in [0, 0.05) is 20.0 Å². The zero-order chi connectivity index (χ0) is 14.3. The number of anilines is 1. The Morgan fingerprint density at radius 3 is 3.00 bits per heavy atom. The Morgan fingerprint density at radius 1 is 1.45 bits per heavy atom. The van der Waals surface area contributed by atoms with Crippen LogP contribution in [-0.4, -0.2) is 36.1 Å². The van der Waals surface area contributed by atoms with E-state index in [2.05, 4.69) is 0 Å². The highest BCUT2D eigenvalue weighted by molar-refractivity contribution is 5.91. The molecular weight excluding hydrogens is 263 g/mol. The molecule has 1 aromatic rings. The number of rotatable bonds is 0. The van der Waals surface area contributed by atoms with Crippen molar-refractivity contribution in [2.75, 3.05) is 18.1 Å². The average molecular weight is 278 g/mol. The Kier molecular flexibility index (Phi) is 3.08. The molecule has 0 radical (unpaired) electrons. The van der Waals surface area contributed by atoms with Crippen LogP contribution in [0.1, 0.15) is 18.9 Å². The van der Waals surface area contributed by atoms with Crippen LogP contribution in [0.5, 0.6) is 0 Å². The molecule has 1 saturated heterocycles. The Hall–Kier alpha value is -2.11. The molecule has 2 aliphatic rings. The van der Waals surface area contributed by atoms with Crippen molar-refractivity contribution in [3.63, 3.8) is 0 Å². The van der Waals surface area contributed by atoms with Gasteiger partial charge in [-0.1, -0.05) is 6.07 Å². The molecule has 2 amide bonds. The summed E-state index contributed by atoms with van der Waals surface area (Å²) in [6.07, 6.45) is 0.180. The van der Waals surface area contributed by atoms with Gasteiger partial charge in [0.05, 0.1) is 11.7 Å². The SMILES string of the molecule is CC(=O)N1CCC2COC(=O)N2c2cc(F)ccc2C1. The van der Waals surface area contributed by atoms with E-state index in [-0.39, 0.29) is 18.6 Å². The first-order chi connectivity index (χ1) is 9.56. The van der Waals surface area contributed by atoms with Crippen LogP contribution in [-0.2, 0) is 16.1 Å². The summed E-state index contributed by atoms with van der Waals surface area (Å²) in [7, 11) is 0. The van der Waals surface area contributed by atoms with Gasteiger partial charge in [-0.2, -0.15) is 0 Å². The molecular formula is C14H15FN2O3. The lowest BCUT2D eigenvalue weighted by molar-refractivity contribution is -0.129. The fourth-order valence-corrected chi connectivity index (χ4v) is 2.72. The number of hydrogen-bond donors (Lipinski definition) is 0. The van der Waals surface area contributed by atoms with Gasteiger partial charge in [0.25, 0.3) is 0 Å². The zero-order valence-electron chi connectivity index (χ0n) is 11.1. The molecule has 0 aliphatic carbocycles. The highest BCUT2D eigenvalue weighted by Crippen LogP contribution is 2.32. The Morgan fingerprint density at radius 2 is 2.25 bits per heavy atom. The van der Waals surface area contributed by atoms with Gasteiger partial charge in [0.15, 0.2) is 0 Å². The number of halogens is 1. The second-order valence-corrected chi connectivity index (χ2v) is 5.10. The second-order valence-electron chi connectivity index (χ2n) is 5.10. The van der Waals surface area contributed by atoms with E-state index in [1.54, 1.807) is 11.0 Å². The molecule has 0 spiro atoms. The van der Waals surface area contributed by atoms with Crippen molar-refractivity contribution in [2.45, 2.75) is 25.9 Å². The van der Waals surface area contributed by atoms with Gasteiger partial charge < -0.3 is 9.64 Å². The molecule has 1 aromatic carbocycles. The van der Waals surface area contributed by atoms with E-state index >= 15 is 0 Å². The van der Waals surface area contributed by atoms with Gasteiger partial charge in [-0.15, -0.1) is 0 Å². The van der Waals surface area contributed by atoms with E-state index in [1.807, 2.05) is 0 Å². The maximum absolute atomic E-state index is 13.5. The molecule has 20 heavy (non-hydrogen) atoms. The van der Waals surface area contributed by atoms with Crippen LogP contribution in [0.2, 0.25) is 0 Å². The zero-order valence-corrected chi connectivity index (χ0v) is 11.1. The van der Waals surface area contributed by atoms with Crippen molar-refractivity contribution in [1.29, 1.82) is 0 Å². The lowest BCUT2D eigenvalue weighted by Gasteiger charge is -2.31. The largest absolute Gasteiger partial charge is 0.447 e.